The lowest BCUT2D eigenvalue weighted by molar-refractivity contribution is -0.129. The van der Waals surface area contributed by atoms with Gasteiger partial charge in [-0.1, -0.05) is 13.8 Å². The van der Waals surface area contributed by atoms with Crippen molar-refractivity contribution >= 4 is 16.2 Å². The Kier molecular flexibility index (Phi) is 4.35. The Balaban J connectivity index is 4.60. The lowest BCUT2D eigenvalue weighted by Crippen LogP contribution is -2.37. The zero-order chi connectivity index (χ0) is 10.6. The predicted octanol–water partition coefficient (Wildman–Crippen LogP) is 0.382. The Labute approximate surface area is 78.9 Å². The number of carbonyl (C=O) groups is 1. The van der Waals surface area contributed by atoms with E-state index in [2.05, 4.69) is 4.18 Å². The quantitative estimate of drug-likeness (QED) is 0.671. The van der Waals surface area contributed by atoms with Gasteiger partial charge in [-0.05, 0) is 6.92 Å². The lowest BCUT2D eigenvalue weighted by Gasteiger charge is -2.17. The van der Waals surface area contributed by atoms with Crippen molar-refractivity contribution in [2.45, 2.75) is 20.8 Å². The molecular formula is C7H15NO4S. The van der Waals surface area contributed by atoms with Gasteiger partial charge in [0.15, 0.2) is 0 Å². The Morgan fingerprint density at radius 2 is 1.92 bits per heavy atom. The molecule has 0 aliphatic heterocycles. The second-order valence-corrected chi connectivity index (χ2v) is 4.46. The van der Waals surface area contributed by atoms with Gasteiger partial charge in [0, 0.05) is 13.0 Å². The molecule has 0 spiro atoms. The van der Waals surface area contributed by atoms with E-state index in [4.69, 9.17) is 0 Å². The van der Waals surface area contributed by atoms with Crippen LogP contribution in [0.1, 0.15) is 20.8 Å². The van der Waals surface area contributed by atoms with Gasteiger partial charge >= 0.3 is 10.3 Å². The Morgan fingerprint density at radius 1 is 1.46 bits per heavy atom. The number of nitrogens with zero attached hydrogens (tertiary/aromatic N) is 1. The smallest absolute Gasteiger partial charge is 0.273 e. The van der Waals surface area contributed by atoms with E-state index in [-0.39, 0.29) is 12.5 Å². The van der Waals surface area contributed by atoms with Crippen LogP contribution < -0.4 is 0 Å². The van der Waals surface area contributed by atoms with Gasteiger partial charge in [0.05, 0.1) is 6.61 Å². The minimum Gasteiger partial charge on any atom is -0.273 e. The largest absolute Gasteiger partial charge is 0.364 e. The zero-order valence-electron chi connectivity index (χ0n) is 8.27. The van der Waals surface area contributed by atoms with Gasteiger partial charge in [-0.25, -0.2) is 4.31 Å². The fourth-order valence-electron chi connectivity index (χ4n) is 0.702. The van der Waals surface area contributed by atoms with Crippen molar-refractivity contribution in [2.24, 2.45) is 5.92 Å². The molecule has 1 amide bonds. The first kappa shape index (κ1) is 12.4. The molecule has 0 aromatic heterocycles. The molecule has 0 bridgehead atoms. The van der Waals surface area contributed by atoms with E-state index in [1.165, 1.54) is 7.05 Å². The van der Waals surface area contributed by atoms with Crippen molar-refractivity contribution in [3.63, 3.8) is 0 Å². The van der Waals surface area contributed by atoms with Gasteiger partial charge in [0.1, 0.15) is 0 Å². The second kappa shape index (κ2) is 4.57. The lowest BCUT2D eigenvalue weighted by atomic mass is 10.2. The van der Waals surface area contributed by atoms with Gasteiger partial charge in [-0.3, -0.25) is 8.98 Å². The van der Waals surface area contributed by atoms with Crippen LogP contribution in [0.2, 0.25) is 0 Å². The van der Waals surface area contributed by atoms with Crippen LogP contribution in [0, 0.1) is 5.92 Å². The maximum absolute atomic E-state index is 11.2. The number of amides is 1. The molecule has 0 fully saturated rings. The normalized spacial score (nSPS) is 11.8. The SMILES string of the molecule is CCOS(=O)(=O)N(C)C(=O)C(C)C. The Hall–Kier alpha value is -0.620. The third-order valence-corrected chi connectivity index (χ3v) is 2.79. The van der Waals surface area contributed by atoms with E-state index in [9.17, 15) is 13.2 Å². The number of hydrogen-bond acceptors (Lipinski definition) is 4. The molecule has 0 aromatic rings. The van der Waals surface area contributed by atoms with Crippen LogP contribution in [-0.4, -0.2) is 32.3 Å². The van der Waals surface area contributed by atoms with Crippen molar-refractivity contribution < 1.29 is 17.4 Å². The highest BCUT2D eigenvalue weighted by Crippen LogP contribution is 2.06. The predicted molar refractivity (Wildman–Crippen MR) is 48.2 cm³/mol. The molecule has 0 unspecified atom stereocenters. The summed E-state index contributed by atoms with van der Waals surface area (Å²) in [5.74, 6) is -0.839. The molecule has 0 saturated heterocycles. The summed E-state index contributed by atoms with van der Waals surface area (Å²) in [6.07, 6.45) is 0. The fourth-order valence-corrected chi connectivity index (χ4v) is 1.59. The van der Waals surface area contributed by atoms with Gasteiger partial charge < -0.3 is 0 Å². The molecule has 0 atom stereocenters. The summed E-state index contributed by atoms with van der Waals surface area (Å²) >= 11 is 0. The van der Waals surface area contributed by atoms with Gasteiger partial charge in [0.2, 0.25) is 5.91 Å². The number of carbonyl (C=O) groups excluding carboxylic acids is 1. The summed E-state index contributed by atoms with van der Waals surface area (Å²) < 4.78 is 27.4. The van der Waals surface area contributed by atoms with E-state index in [1.807, 2.05) is 0 Å². The molecule has 0 saturated carbocycles. The number of rotatable bonds is 4. The van der Waals surface area contributed by atoms with Crippen LogP contribution in [0.15, 0.2) is 0 Å². The highest BCUT2D eigenvalue weighted by Gasteiger charge is 2.25. The third-order valence-electron chi connectivity index (χ3n) is 1.41. The highest BCUT2D eigenvalue weighted by atomic mass is 32.2. The van der Waals surface area contributed by atoms with Gasteiger partial charge in [0.25, 0.3) is 0 Å². The van der Waals surface area contributed by atoms with Gasteiger partial charge in [-0.2, -0.15) is 8.42 Å². The third kappa shape index (κ3) is 3.31. The highest BCUT2D eigenvalue weighted by molar-refractivity contribution is 7.84. The molecule has 0 rings (SSSR count). The van der Waals surface area contributed by atoms with E-state index in [0.29, 0.717) is 4.31 Å². The van der Waals surface area contributed by atoms with Crippen molar-refractivity contribution in [1.82, 2.24) is 4.31 Å². The zero-order valence-corrected chi connectivity index (χ0v) is 9.09. The monoisotopic (exact) mass is 209 g/mol. The van der Waals surface area contributed by atoms with Crippen LogP contribution in [-0.2, 0) is 19.3 Å². The van der Waals surface area contributed by atoms with Crippen LogP contribution in [0.5, 0.6) is 0 Å². The summed E-state index contributed by atoms with van der Waals surface area (Å²) in [5, 5.41) is 0. The van der Waals surface area contributed by atoms with E-state index in [0.717, 1.165) is 0 Å². The van der Waals surface area contributed by atoms with Crippen molar-refractivity contribution in [2.75, 3.05) is 13.7 Å². The molecule has 0 aliphatic carbocycles. The van der Waals surface area contributed by atoms with Crippen LogP contribution in [0.4, 0.5) is 0 Å². The average molecular weight is 209 g/mol. The first-order valence-corrected chi connectivity index (χ1v) is 5.36. The summed E-state index contributed by atoms with van der Waals surface area (Å²) in [7, 11) is -2.68. The van der Waals surface area contributed by atoms with Crippen molar-refractivity contribution in [3.05, 3.63) is 0 Å². The Bertz CT molecular complexity index is 270. The van der Waals surface area contributed by atoms with Crippen LogP contribution in [0.3, 0.4) is 0 Å². The van der Waals surface area contributed by atoms with Crippen LogP contribution >= 0.6 is 0 Å². The molecule has 13 heavy (non-hydrogen) atoms. The minimum atomic E-state index is -3.87. The maximum atomic E-state index is 11.2. The van der Waals surface area contributed by atoms with E-state index < -0.39 is 16.2 Å². The molecule has 0 aromatic carbocycles. The van der Waals surface area contributed by atoms with Crippen molar-refractivity contribution in [1.29, 1.82) is 0 Å². The minimum absolute atomic E-state index is 0.0258. The molecule has 0 radical (unpaired) electrons. The molecule has 5 nitrogen and oxygen atoms in total. The summed E-state index contributed by atoms with van der Waals surface area (Å²) in [6.45, 7) is 4.82. The second-order valence-electron chi connectivity index (χ2n) is 2.82. The standard InChI is InChI=1S/C7H15NO4S/c1-5-12-13(10,11)8(4)7(9)6(2)3/h6H,5H2,1-4H3. The summed E-state index contributed by atoms with van der Waals surface area (Å²) in [4.78, 5) is 11.2. The summed E-state index contributed by atoms with van der Waals surface area (Å²) in [6, 6.07) is 0. The van der Waals surface area contributed by atoms with E-state index in [1.54, 1.807) is 20.8 Å². The molecular weight excluding hydrogens is 194 g/mol. The van der Waals surface area contributed by atoms with E-state index >= 15 is 0 Å². The van der Waals surface area contributed by atoms with Crippen molar-refractivity contribution in [3.8, 4) is 0 Å². The maximum Gasteiger partial charge on any atom is 0.364 e. The first-order valence-electron chi connectivity index (χ1n) is 4.00. The Morgan fingerprint density at radius 3 is 2.23 bits per heavy atom. The fraction of sp³-hybridized carbons (Fsp3) is 0.857. The average Bonchev–Trinajstić information content (AvgIpc) is 2.01. The topological polar surface area (TPSA) is 63.7 Å². The first-order chi connectivity index (χ1) is 5.83. The molecule has 0 heterocycles. The molecule has 0 aliphatic rings. The summed E-state index contributed by atoms with van der Waals surface area (Å²) in [5.41, 5.74) is 0. The van der Waals surface area contributed by atoms with Gasteiger partial charge in [-0.15, -0.1) is 0 Å². The molecule has 0 N–H and O–H groups in total. The molecule has 6 heteroatoms. The molecule has 78 valence electrons. The van der Waals surface area contributed by atoms with Crippen LogP contribution in [0.25, 0.3) is 0 Å². The number of hydrogen-bond donors (Lipinski definition) is 0.